The zero-order valence-corrected chi connectivity index (χ0v) is 13.4. The summed E-state index contributed by atoms with van der Waals surface area (Å²) >= 11 is 4.96. The van der Waals surface area contributed by atoms with Gasteiger partial charge < -0.3 is 24.7 Å². The highest BCUT2D eigenvalue weighted by Gasteiger charge is 2.07. The van der Waals surface area contributed by atoms with Gasteiger partial charge in [-0.3, -0.25) is 0 Å². The lowest BCUT2D eigenvalue weighted by Crippen LogP contribution is -2.10. The lowest BCUT2D eigenvalue weighted by atomic mass is 10.2. The van der Waals surface area contributed by atoms with Crippen molar-refractivity contribution in [1.82, 2.24) is 0 Å². The van der Waals surface area contributed by atoms with E-state index in [0.29, 0.717) is 49.5 Å². The Morgan fingerprint density at radius 1 is 1.10 bits per heavy atom. The molecule has 0 aliphatic rings. The Morgan fingerprint density at radius 3 is 2.57 bits per heavy atom. The van der Waals surface area contributed by atoms with Gasteiger partial charge in [0.05, 0.1) is 26.4 Å². The molecule has 1 aromatic rings. The lowest BCUT2D eigenvalue weighted by Gasteiger charge is -2.13. The molecule has 0 amide bonds. The first kappa shape index (κ1) is 17.7. The predicted molar refractivity (Wildman–Crippen MR) is 86.3 cm³/mol. The second-order valence-electron chi connectivity index (χ2n) is 4.27. The van der Waals surface area contributed by atoms with Gasteiger partial charge >= 0.3 is 0 Å². The molecule has 0 unspecified atom stereocenters. The summed E-state index contributed by atoms with van der Waals surface area (Å²) in [7, 11) is 1.65. The van der Waals surface area contributed by atoms with Gasteiger partial charge in [0.15, 0.2) is 11.5 Å². The highest BCUT2D eigenvalue weighted by molar-refractivity contribution is 7.80. The Labute approximate surface area is 131 Å². The standard InChI is InChI=1S/C15H23NO4S/c1-3-19-14-11-12(15(16)21)5-6-13(14)20-8-4-7-18-10-9-17-2/h5-6,11H,3-4,7-10H2,1-2H3,(H2,16,21). The van der Waals surface area contributed by atoms with Crippen molar-refractivity contribution >= 4 is 17.2 Å². The Balaban J connectivity index is 2.44. The second kappa shape index (κ2) is 10.4. The molecule has 6 heteroatoms. The molecule has 0 fully saturated rings. The van der Waals surface area contributed by atoms with Crippen LogP contribution in [0.15, 0.2) is 18.2 Å². The number of ether oxygens (including phenoxy) is 4. The smallest absolute Gasteiger partial charge is 0.161 e. The van der Waals surface area contributed by atoms with Crippen molar-refractivity contribution in [2.24, 2.45) is 5.73 Å². The van der Waals surface area contributed by atoms with Crippen molar-refractivity contribution < 1.29 is 18.9 Å². The first-order chi connectivity index (χ1) is 10.2. The van der Waals surface area contributed by atoms with Crippen LogP contribution in [0.1, 0.15) is 18.9 Å². The van der Waals surface area contributed by atoms with Crippen LogP contribution in [0.4, 0.5) is 0 Å². The number of rotatable bonds is 11. The summed E-state index contributed by atoms with van der Waals surface area (Å²) in [5.74, 6) is 1.34. The van der Waals surface area contributed by atoms with Gasteiger partial charge in [-0.25, -0.2) is 0 Å². The molecule has 0 aromatic heterocycles. The van der Waals surface area contributed by atoms with Crippen LogP contribution in [-0.2, 0) is 9.47 Å². The average molecular weight is 313 g/mol. The van der Waals surface area contributed by atoms with Gasteiger partial charge in [-0.15, -0.1) is 0 Å². The largest absolute Gasteiger partial charge is 0.490 e. The van der Waals surface area contributed by atoms with Gasteiger partial charge in [-0.05, 0) is 25.1 Å². The molecule has 2 N–H and O–H groups in total. The van der Waals surface area contributed by atoms with Crippen molar-refractivity contribution in [2.45, 2.75) is 13.3 Å². The normalized spacial score (nSPS) is 10.4. The number of nitrogens with two attached hydrogens (primary N) is 1. The van der Waals surface area contributed by atoms with Gasteiger partial charge in [-0.2, -0.15) is 0 Å². The minimum absolute atomic E-state index is 0.342. The third kappa shape index (κ3) is 6.75. The summed E-state index contributed by atoms with van der Waals surface area (Å²) in [5.41, 5.74) is 6.38. The van der Waals surface area contributed by atoms with Crippen molar-refractivity contribution in [3.63, 3.8) is 0 Å². The summed E-state index contributed by atoms with van der Waals surface area (Å²) in [6.45, 7) is 4.87. The van der Waals surface area contributed by atoms with Crippen LogP contribution in [0, 0.1) is 0 Å². The molecule has 118 valence electrons. The molecule has 0 aliphatic carbocycles. The van der Waals surface area contributed by atoms with Crippen LogP contribution >= 0.6 is 12.2 Å². The number of hydrogen-bond donors (Lipinski definition) is 1. The molecule has 1 aromatic carbocycles. The third-order valence-corrected chi connectivity index (χ3v) is 2.89. The SMILES string of the molecule is CCOc1cc(C(N)=S)ccc1OCCCOCCOC. The predicted octanol–water partition coefficient (Wildman–Crippen LogP) is 2.15. The highest BCUT2D eigenvalue weighted by Crippen LogP contribution is 2.28. The second-order valence-corrected chi connectivity index (χ2v) is 4.71. The molecule has 5 nitrogen and oxygen atoms in total. The molecule has 0 atom stereocenters. The fraction of sp³-hybridized carbons (Fsp3) is 0.533. The van der Waals surface area contributed by atoms with E-state index >= 15 is 0 Å². The number of methoxy groups -OCH3 is 1. The van der Waals surface area contributed by atoms with Gasteiger partial charge in [0.2, 0.25) is 0 Å². The number of hydrogen-bond acceptors (Lipinski definition) is 5. The van der Waals surface area contributed by atoms with E-state index in [-0.39, 0.29) is 0 Å². The van der Waals surface area contributed by atoms with Crippen LogP contribution in [0.2, 0.25) is 0 Å². The molecule has 1 rings (SSSR count). The fourth-order valence-corrected chi connectivity index (χ4v) is 1.76. The molecule has 0 heterocycles. The van der Waals surface area contributed by atoms with E-state index in [1.54, 1.807) is 13.2 Å². The molecule has 0 spiro atoms. The maximum atomic E-state index is 5.71. The molecule has 0 aliphatic heterocycles. The van der Waals surface area contributed by atoms with Gasteiger partial charge in [-0.1, -0.05) is 12.2 Å². The molecule has 0 saturated heterocycles. The van der Waals surface area contributed by atoms with Crippen LogP contribution in [0.3, 0.4) is 0 Å². The summed E-state index contributed by atoms with van der Waals surface area (Å²) in [6, 6.07) is 5.46. The molecule has 0 radical (unpaired) electrons. The first-order valence-electron chi connectivity index (χ1n) is 6.95. The Hall–Kier alpha value is -1.37. The van der Waals surface area contributed by atoms with Gasteiger partial charge in [0.1, 0.15) is 4.99 Å². The lowest BCUT2D eigenvalue weighted by molar-refractivity contribution is 0.0642. The summed E-state index contributed by atoms with van der Waals surface area (Å²) in [5, 5.41) is 0. The topological polar surface area (TPSA) is 62.9 Å². The van der Waals surface area contributed by atoms with E-state index < -0.39 is 0 Å². The van der Waals surface area contributed by atoms with E-state index in [1.807, 2.05) is 19.1 Å². The van der Waals surface area contributed by atoms with E-state index in [1.165, 1.54) is 0 Å². The zero-order chi connectivity index (χ0) is 15.5. The van der Waals surface area contributed by atoms with E-state index in [0.717, 1.165) is 12.0 Å². The molecular weight excluding hydrogens is 290 g/mol. The van der Waals surface area contributed by atoms with Gasteiger partial charge in [0.25, 0.3) is 0 Å². The minimum atomic E-state index is 0.342. The Morgan fingerprint density at radius 2 is 1.90 bits per heavy atom. The maximum Gasteiger partial charge on any atom is 0.161 e. The number of thiocarbonyl (C=S) groups is 1. The van der Waals surface area contributed by atoms with Crippen LogP contribution in [0.25, 0.3) is 0 Å². The molecular formula is C15H23NO4S. The van der Waals surface area contributed by atoms with Crippen molar-refractivity contribution in [3.05, 3.63) is 23.8 Å². The average Bonchev–Trinajstić information content (AvgIpc) is 2.47. The summed E-state index contributed by atoms with van der Waals surface area (Å²) in [4.78, 5) is 0.342. The van der Waals surface area contributed by atoms with Crippen molar-refractivity contribution in [2.75, 3.05) is 40.1 Å². The summed E-state index contributed by atoms with van der Waals surface area (Å²) < 4.78 is 21.5. The fourth-order valence-electron chi connectivity index (χ4n) is 1.64. The molecule has 0 bridgehead atoms. The van der Waals surface area contributed by atoms with E-state index in [4.69, 9.17) is 36.9 Å². The van der Waals surface area contributed by atoms with Crippen molar-refractivity contribution in [3.8, 4) is 11.5 Å². The first-order valence-corrected chi connectivity index (χ1v) is 7.36. The molecule has 21 heavy (non-hydrogen) atoms. The quantitative estimate of drug-likeness (QED) is 0.499. The minimum Gasteiger partial charge on any atom is -0.490 e. The maximum absolute atomic E-state index is 5.71. The zero-order valence-electron chi connectivity index (χ0n) is 12.6. The third-order valence-electron chi connectivity index (χ3n) is 2.65. The molecule has 0 saturated carbocycles. The number of benzene rings is 1. The van der Waals surface area contributed by atoms with Gasteiger partial charge in [0, 0.05) is 25.7 Å². The van der Waals surface area contributed by atoms with Crippen LogP contribution in [-0.4, -0.2) is 45.1 Å². The Bertz CT molecular complexity index is 440. The van der Waals surface area contributed by atoms with Crippen LogP contribution < -0.4 is 15.2 Å². The highest BCUT2D eigenvalue weighted by atomic mass is 32.1. The van der Waals surface area contributed by atoms with E-state index in [2.05, 4.69) is 0 Å². The summed E-state index contributed by atoms with van der Waals surface area (Å²) in [6.07, 6.45) is 0.798. The van der Waals surface area contributed by atoms with E-state index in [9.17, 15) is 0 Å². The van der Waals surface area contributed by atoms with Crippen LogP contribution in [0.5, 0.6) is 11.5 Å². The monoisotopic (exact) mass is 313 g/mol. The van der Waals surface area contributed by atoms with Crippen molar-refractivity contribution in [1.29, 1.82) is 0 Å². The Kier molecular flexibility index (Phi) is 8.73.